The van der Waals surface area contributed by atoms with Crippen LogP contribution in [0, 0.1) is 13.8 Å². The maximum absolute atomic E-state index is 11.7. The third kappa shape index (κ3) is 5.52. The van der Waals surface area contributed by atoms with Gasteiger partial charge < -0.3 is 4.52 Å². The van der Waals surface area contributed by atoms with Crippen molar-refractivity contribution < 1.29 is 12.9 Å². The van der Waals surface area contributed by atoms with Crippen LogP contribution in [0.25, 0.3) is 0 Å². The van der Waals surface area contributed by atoms with Gasteiger partial charge in [-0.2, -0.15) is 0 Å². The van der Waals surface area contributed by atoms with Gasteiger partial charge in [0, 0.05) is 11.6 Å². The Balaban J connectivity index is 2.65. The highest BCUT2D eigenvalue weighted by atomic mass is 35.5. The van der Waals surface area contributed by atoms with Crippen molar-refractivity contribution >= 4 is 33.2 Å². The van der Waals surface area contributed by atoms with Crippen molar-refractivity contribution in [3.63, 3.8) is 0 Å². The first kappa shape index (κ1) is 16.5. The smallest absolute Gasteiger partial charge is 0.215 e. The van der Waals surface area contributed by atoms with Crippen LogP contribution in [0.3, 0.4) is 0 Å². The molecule has 19 heavy (non-hydrogen) atoms. The minimum atomic E-state index is -3.45. The summed E-state index contributed by atoms with van der Waals surface area (Å²) in [6, 6.07) is -0.274. The summed E-state index contributed by atoms with van der Waals surface area (Å²) in [4.78, 5) is 0. The van der Waals surface area contributed by atoms with E-state index in [2.05, 4.69) is 9.88 Å². The van der Waals surface area contributed by atoms with Crippen molar-refractivity contribution in [1.82, 2.24) is 9.88 Å². The fraction of sp³-hybridized carbons (Fsp3) is 0.545. The van der Waals surface area contributed by atoms with Gasteiger partial charge in [-0.1, -0.05) is 28.4 Å². The fourth-order valence-electron chi connectivity index (χ4n) is 1.67. The average Bonchev–Trinajstić information content (AvgIpc) is 2.57. The molecule has 1 aromatic heterocycles. The molecule has 0 bridgehead atoms. The minimum Gasteiger partial charge on any atom is -0.361 e. The van der Waals surface area contributed by atoms with Crippen molar-refractivity contribution in [2.24, 2.45) is 0 Å². The van der Waals surface area contributed by atoms with Crippen molar-refractivity contribution in [3.8, 4) is 0 Å². The SMILES string of the molecule is Cc1noc(C)c1C[C@H](C)NS(=O)(=O)CC=C(Cl)Cl. The Hall–Kier alpha value is -0.560. The largest absolute Gasteiger partial charge is 0.361 e. The summed E-state index contributed by atoms with van der Waals surface area (Å²) in [7, 11) is -3.45. The van der Waals surface area contributed by atoms with Gasteiger partial charge in [-0.3, -0.25) is 0 Å². The maximum Gasteiger partial charge on any atom is 0.215 e. The molecule has 5 nitrogen and oxygen atoms in total. The van der Waals surface area contributed by atoms with E-state index in [4.69, 9.17) is 27.7 Å². The zero-order chi connectivity index (χ0) is 14.6. The number of aryl methyl sites for hydroxylation is 2. The van der Waals surface area contributed by atoms with Crippen LogP contribution in [0.4, 0.5) is 0 Å². The highest BCUT2D eigenvalue weighted by Crippen LogP contribution is 2.15. The standard InChI is InChI=1S/C11H16Cl2N2O3S/c1-7(6-10-8(2)14-18-9(10)3)15-19(16,17)5-4-11(12)13/h4,7,15H,5-6H2,1-3H3/t7-/m0/s1. The van der Waals surface area contributed by atoms with Crippen molar-refractivity contribution in [2.45, 2.75) is 33.2 Å². The molecule has 0 radical (unpaired) electrons. The van der Waals surface area contributed by atoms with E-state index in [-0.39, 0.29) is 16.3 Å². The summed E-state index contributed by atoms with van der Waals surface area (Å²) in [5, 5.41) is 3.83. The number of halogens is 2. The Bertz CT molecular complexity index is 543. The van der Waals surface area contributed by atoms with Gasteiger partial charge in [-0.05, 0) is 33.3 Å². The van der Waals surface area contributed by atoms with Gasteiger partial charge in [0.25, 0.3) is 0 Å². The number of aromatic nitrogens is 1. The topological polar surface area (TPSA) is 72.2 Å². The number of sulfonamides is 1. The Labute approximate surface area is 123 Å². The van der Waals surface area contributed by atoms with E-state index in [1.165, 1.54) is 6.08 Å². The van der Waals surface area contributed by atoms with Crippen molar-refractivity contribution in [1.29, 1.82) is 0 Å². The summed E-state index contributed by atoms with van der Waals surface area (Å²) in [6.07, 6.45) is 1.74. The van der Waals surface area contributed by atoms with E-state index < -0.39 is 10.0 Å². The first-order valence-electron chi connectivity index (χ1n) is 5.64. The van der Waals surface area contributed by atoms with E-state index in [1.54, 1.807) is 13.8 Å². The van der Waals surface area contributed by atoms with Crippen LogP contribution in [0.1, 0.15) is 23.9 Å². The lowest BCUT2D eigenvalue weighted by Gasteiger charge is -2.13. The maximum atomic E-state index is 11.7. The summed E-state index contributed by atoms with van der Waals surface area (Å²) in [5.41, 5.74) is 1.69. The Morgan fingerprint density at radius 1 is 1.47 bits per heavy atom. The molecule has 1 atom stereocenters. The molecule has 0 fully saturated rings. The monoisotopic (exact) mass is 326 g/mol. The van der Waals surface area contributed by atoms with Crippen LogP contribution in [0.15, 0.2) is 15.1 Å². The first-order valence-corrected chi connectivity index (χ1v) is 8.05. The summed E-state index contributed by atoms with van der Waals surface area (Å²) in [5.74, 6) is 0.452. The quantitative estimate of drug-likeness (QED) is 0.871. The highest BCUT2D eigenvalue weighted by Gasteiger charge is 2.17. The van der Waals surface area contributed by atoms with Crippen molar-refractivity contribution in [2.75, 3.05) is 5.75 Å². The summed E-state index contributed by atoms with van der Waals surface area (Å²) in [6.45, 7) is 5.39. The molecule has 0 aromatic carbocycles. The first-order chi connectivity index (χ1) is 8.71. The zero-order valence-electron chi connectivity index (χ0n) is 10.9. The van der Waals surface area contributed by atoms with Crippen LogP contribution in [-0.4, -0.2) is 25.4 Å². The number of hydrogen-bond donors (Lipinski definition) is 1. The normalized spacial score (nSPS) is 13.3. The molecule has 0 spiro atoms. The zero-order valence-corrected chi connectivity index (χ0v) is 13.2. The summed E-state index contributed by atoms with van der Waals surface area (Å²) >= 11 is 10.8. The number of rotatable bonds is 6. The molecule has 1 N–H and O–H groups in total. The number of nitrogens with zero attached hydrogens (tertiary/aromatic N) is 1. The van der Waals surface area contributed by atoms with Crippen LogP contribution in [0.2, 0.25) is 0 Å². The molecule has 1 rings (SSSR count). The molecule has 0 aliphatic rings. The number of nitrogens with one attached hydrogen (secondary N) is 1. The molecule has 8 heteroatoms. The fourth-order valence-corrected chi connectivity index (χ4v) is 3.18. The molecule has 1 aromatic rings. The highest BCUT2D eigenvalue weighted by molar-refractivity contribution is 7.89. The van der Waals surface area contributed by atoms with Gasteiger partial charge in [0.05, 0.1) is 11.4 Å². The second-order valence-electron chi connectivity index (χ2n) is 4.30. The Kier molecular flexibility index (Phi) is 5.85. The molecule has 108 valence electrons. The second-order valence-corrected chi connectivity index (χ2v) is 7.11. The number of hydrogen-bond acceptors (Lipinski definition) is 4. The molecule has 0 amide bonds. The average molecular weight is 327 g/mol. The van der Waals surface area contributed by atoms with E-state index in [1.807, 2.05) is 6.92 Å². The predicted octanol–water partition coefficient (Wildman–Crippen LogP) is 2.46. The lowest BCUT2D eigenvalue weighted by molar-refractivity contribution is 0.392. The molecule has 0 unspecified atom stereocenters. The Morgan fingerprint density at radius 3 is 2.58 bits per heavy atom. The van der Waals surface area contributed by atoms with E-state index in [9.17, 15) is 8.42 Å². The van der Waals surface area contributed by atoms with Crippen LogP contribution < -0.4 is 4.72 Å². The predicted molar refractivity (Wildman–Crippen MR) is 75.9 cm³/mol. The second kappa shape index (κ2) is 6.74. The van der Waals surface area contributed by atoms with Crippen LogP contribution >= 0.6 is 23.2 Å². The third-order valence-corrected chi connectivity index (χ3v) is 4.20. The van der Waals surface area contributed by atoms with Gasteiger partial charge in [-0.15, -0.1) is 0 Å². The van der Waals surface area contributed by atoms with Crippen LogP contribution in [-0.2, 0) is 16.4 Å². The lowest BCUT2D eigenvalue weighted by atomic mass is 10.1. The summed E-state index contributed by atoms with van der Waals surface area (Å²) < 4.78 is 31.0. The molecular weight excluding hydrogens is 311 g/mol. The van der Waals surface area contributed by atoms with Gasteiger partial charge in [0.1, 0.15) is 10.3 Å². The molecule has 0 aliphatic heterocycles. The van der Waals surface area contributed by atoms with E-state index in [0.717, 1.165) is 11.3 Å². The minimum absolute atomic E-state index is 0.0660. The molecule has 0 saturated carbocycles. The van der Waals surface area contributed by atoms with Gasteiger partial charge in [0.15, 0.2) is 0 Å². The molecular formula is C11H16Cl2N2O3S. The lowest BCUT2D eigenvalue weighted by Crippen LogP contribution is -2.35. The van der Waals surface area contributed by atoms with E-state index >= 15 is 0 Å². The molecule has 0 aliphatic carbocycles. The van der Waals surface area contributed by atoms with Crippen molar-refractivity contribution in [3.05, 3.63) is 27.6 Å². The van der Waals surface area contributed by atoms with Crippen LogP contribution in [0.5, 0.6) is 0 Å². The third-order valence-electron chi connectivity index (χ3n) is 2.53. The van der Waals surface area contributed by atoms with E-state index in [0.29, 0.717) is 12.2 Å². The Morgan fingerprint density at radius 2 is 2.11 bits per heavy atom. The molecule has 0 saturated heterocycles. The van der Waals surface area contributed by atoms with Gasteiger partial charge >= 0.3 is 0 Å². The van der Waals surface area contributed by atoms with Gasteiger partial charge in [0.2, 0.25) is 10.0 Å². The molecule has 1 heterocycles. The van der Waals surface area contributed by atoms with Gasteiger partial charge in [-0.25, -0.2) is 13.1 Å².